The Hall–Kier alpha value is -2.14. The van der Waals surface area contributed by atoms with Crippen LogP contribution in [0, 0.1) is 0 Å². The predicted octanol–water partition coefficient (Wildman–Crippen LogP) is 2.83. The highest BCUT2D eigenvalue weighted by molar-refractivity contribution is 5.92. The summed E-state index contributed by atoms with van der Waals surface area (Å²) < 4.78 is 5.24. The molecule has 22 heavy (non-hydrogen) atoms. The Morgan fingerprint density at radius 1 is 1.32 bits per heavy atom. The van der Waals surface area contributed by atoms with Gasteiger partial charge in [0.2, 0.25) is 0 Å². The molecule has 0 aliphatic rings. The third-order valence-corrected chi connectivity index (χ3v) is 3.41. The molecule has 1 heterocycles. The van der Waals surface area contributed by atoms with Crippen molar-refractivity contribution >= 4 is 5.91 Å². The minimum absolute atomic E-state index is 0.00804. The maximum atomic E-state index is 12.3. The maximum Gasteiger partial charge on any atom is 0.273 e. The number of amides is 1. The zero-order chi connectivity index (χ0) is 16.2. The van der Waals surface area contributed by atoms with Gasteiger partial charge in [-0.05, 0) is 12.0 Å². The van der Waals surface area contributed by atoms with Crippen molar-refractivity contribution in [2.75, 3.05) is 6.61 Å². The van der Waals surface area contributed by atoms with E-state index in [1.165, 1.54) is 0 Å². The molecule has 0 aliphatic heterocycles. The van der Waals surface area contributed by atoms with Crippen molar-refractivity contribution < 1.29 is 14.4 Å². The van der Waals surface area contributed by atoms with Crippen molar-refractivity contribution in [3.8, 4) is 0 Å². The molecule has 5 nitrogen and oxygen atoms in total. The molecule has 0 saturated heterocycles. The average Bonchev–Trinajstić information content (AvgIpc) is 2.98. The zero-order valence-electron chi connectivity index (χ0n) is 13.2. The first-order chi connectivity index (χ1) is 10.4. The van der Waals surface area contributed by atoms with Gasteiger partial charge in [-0.2, -0.15) is 0 Å². The van der Waals surface area contributed by atoms with Crippen LogP contribution in [0.15, 0.2) is 40.9 Å². The fourth-order valence-electron chi connectivity index (χ4n) is 2.10. The van der Waals surface area contributed by atoms with Gasteiger partial charge < -0.3 is 14.9 Å². The smallest absolute Gasteiger partial charge is 0.273 e. The summed E-state index contributed by atoms with van der Waals surface area (Å²) in [7, 11) is 0. The first kappa shape index (κ1) is 16.2. The number of aromatic nitrogens is 1. The number of carbonyl (C=O) groups excluding carboxylic acids is 1. The van der Waals surface area contributed by atoms with E-state index in [0.29, 0.717) is 12.2 Å². The van der Waals surface area contributed by atoms with Crippen molar-refractivity contribution in [2.24, 2.45) is 0 Å². The quantitative estimate of drug-likeness (QED) is 0.890. The lowest BCUT2D eigenvalue weighted by atomic mass is 9.93. The third-order valence-electron chi connectivity index (χ3n) is 3.41. The van der Waals surface area contributed by atoms with Crippen LogP contribution in [-0.4, -0.2) is 22.8 Å². The fraction of sp³-hybridized carbons (Fsp3) is 0.412. The SMILES string of the molecule is CC(C)(C)c1cc(C(=O)NC(CCO)c2ccccc2)no1. The van der Waals surface area contributed by atoms with Crippen LogP contribution in [0.2, 0.25) is 0 Å². The van der Waals surface area contributed by atoms with E-state index in [2.05, 4.69) is 10.5 Å². The molecule has 5 heteroatoms. The van der Waals surface area contributed by atoms with Gasteiger partial charge in [-0.3, -0.25) is 4.79 Å². The van der Waals surface area contributed by atoms with Gasteiger partial charge in [0.1, 0.15) is 5.76 Å². The summed E-state index contributed by atoms with van der Waals surface area (Å²) >= 11 is 0. The standard InChI is InChI=1S/C17H22N2O3/c1-17(2,3)15-11-14(19-22-15)16(21)18-13(9-10-20)12-7-5-4-6-8-12/h4-8,11,13,20H,9-10H2,1-3H3,(H,18,21). The Morgan fingerprint density at radius 2 is 2.00 bits per heavy atom. The van der Waals surface area contributed by atoms with E-state index in [0.717, 1.165) is 5.56 Å². The molecule has 0 saturated carbocycles. The van der Waals surface area contributed by atoms with Crippen LogP contribution in [0.1, 0.15) is 55.0 Å². The molecule has 118 valence electrons. The Morgan fingerprint density at radius 3 is 2.55 bits per heavy atom. The van der Waals surface area contributed by atoms with E-state index < -0.39 is 0 Å². The summed E-state index contributed by atoms with van der Waals surface area (Å²) in [6.45, 7) is 5.97. The minimum atomic E-state index is -0.304. The predicted molar refractivity (Wildman–Crippen MR) is 83.6 cm³/mol. The lowest BCUT2D eigenvalue weighted by Gasteiger charge is -2.17. The second-order valence-corrected chi connectivity index (χ2v) is 6.28. The number of hydrogen-bond donors (Lipinski definition) is 2. The van der Waals surface area contributed by atoms with Gasteiger partial charge in [0.05, 0.1) is 6.04 Å². The van der Waals surface area contributed by atoms with Gasteiger partial charge in [0.15, 0.2) is 5.69 Å². The van der Waals surface area contributed by atoms with Crippen molar-refractivity contribution in [3.05, 3.63) is 53.4 Å². The maximum absolute atomic E-state index is 12.3. The molecule has 1 aromatic carbocycles. The van der Waals surface area contributed by atoms with Crippen LogP contribution in [0.4, 0.5) is 0 Å². The van der Waals surface area contributed by atoms with E-state index >= 15 is 0 Å². The Kier molecular flexibility index (Phi) is 4.98. The van der Waals surface area contributed by atoms with Crippen LogP contribution in [0.3, 0.4) is 0 Å². The number of benzene rings is 1. The van der Waals surface area contributed by atoms with E-state index in [9.17, 15) is 9.90 Å². The molecular formula is C17H22N2O3. The summed E-state index contributed by atoms with van der Waals surface area (Å²) in [5.74, 6) is 0.359. The number of hydrogen-bond acceptors (Lipinski definition) is 4. The van der Waals surface area contributed by atoms with Gasteiger partial charge in [-0.25, -0.2) is 0 Å². The second-order valence-electron chi connectivity index (χ2n) is 6.28. The fourth-order valence-corrected chi connectivity index (χ4v) is 2.10. The lowest BCUT2D eigenvalue weighted by molar-refractivity contribution is 0.0920. The summed E-state index contributed by atoms with van der Waals surface area (Å²) in [5, 5.41) is 15.9. The number of aliphatic hydroxyl groups excluding tert-OH is 1. The topological polar surface area (TPSA) is 75.4 Å². The van der Waals surface area contributed by atoms with Crippen molar-refractivity contribution in [1.29, 1.82) is 0 Å². The van der Waals surface area contributed by atoms with Crippen LogP contribution < -0.4 is 5.32 Å². The number of carbonyl (C=O) groups is 1. The van der Waals surface area contributed by atoms with Crippen molar-refractivity contribution in [2.45, 2.75) is 38.6 Å². The molecule has 2 aromatic rings. The number of rotatable bonds is 5. The molecule has 1 aromatic heterocycles. The molecular weight excluding hydrogens is 280 g/mol. The largest absolute Gasteiger partial charge is 0.396 e. The van der Waals surface area contributed by atoms with Gasteiger partial charge in [0.25, 0.3) is 5.91 Å². The monoisotopic (exact) mass is 302 g/mol. The molecule has 0 fully saturated rings. The normalized spacial score (nSPS) is 12.9. The molecule has 1 unspecified atom stereocenters. The number of aliphatic hydroxyl groups is 1. The van der Waals surface area contributed by atoms with Crippen LogP contribution in [-0.2, 0) is 5.41 Å². The third kappa shape index (κ3) is 3.95. The number of nitrogens with zero attached hydrogens (tertiary/aromatic N) is 1. The first-order valence-corrected chi connectivity index (χ1v) is 7.35. The molecule has 1 atom stereocenters. The van der Waals surface area contributed by atoms with Crippen molar-refractivity contribution in [1.82, 2.24) is 10.5 Å². The highest BCUT2D eigenvalue weighted by Gasteiger charge is 2.23. The van der Waals surface area contributed by atoms with Crippen LogP contribution in [0.5, 0.6) is 0 Å². The zero-order valence-corrected chi connectivity index (χ0v) is 13.2. The van der Waals surface area contributed by atoms with Gasteiger partial charge >= 0.3 is 0 Å². The second kappa shape index (κ2) is 6.75. The first-order valence-electron chi connectivity index (χ1n) is 7.35. The summed E-state index contributed by atoms with van der Waals surface area (Å²) in [6, 6.07) is 11.0. The van der Waals surface area contributed by atoms with E-state index in [4.69, 9.17) is 4.52 Å². The Balaban J connectivity index is 2.13. The molecule has 0 radical (unpaired) electrons. The molecule has 0 bridgehead atoms. The minimum Gasteiger partial charge on any atom is -0.396 e. The summed E-state index contributed by atoms with van der Waals surface area (Å²) in [4.78, 5) is 12.3. The van der Waals surface area contributed by atoms with E-state index in [-0.39, 0.29) is 29.7 Å². The highest BCUT2D eigenvalue weighted by atomic mass is 16.5. The summed E-state index contributed by atoms with van der Waals surface area (Å²) in [6.07, 6.45) is 0.444. The molecule has 2 N–H and O–H groups in total. The van der Waals surface area contributed by atoms with Gasteiger partial charge in [-0.15, -0.1) is 0 Å². The van der Waals surface area contributed by atoms with Crippen LogP contribution >= 0.6 is 0 Å². The van der Waals surface area contributed by atoms with Gasteiger partial charge in [0, 0.05) is 18.1 Å². The molecule has 0 spiro atoms. The summed E-state index contributed by atoms with van der Waals surface area (Å²) in [5.41, 5.74) is 1.00. The molecule has 1 amide bonds. The van der Waals surface area contributed by atoms with Gasteiger partial charge in [-0.1, -0.05) is 56.3 Å². The van der Waals surface area contributed by atoms with E-state index in [1.807, 2.05) is 51.1 Å². The number of nitrogens with one attached hydrogen (secondary N) is 1. The molecule has 2 rings (SSSR count). The Bertz CT molecular complexity index is 614. The highest BCUT2D eigenvalue weighted by Crippen LogP contribution is 2.23. The lowest BCUT2D eigenvalue weighted by Crippen LogP contribution is -2.29. The molecule has 0 aliphatic carbocycles. The van der Waals surface area contributed by atoms with E-state index in [1.54, 1.807) is 6.07 Å². The Labute approximate surface area is 130 Å². The van der Waals surface area contributed by atoms with Crippen molar-refractivity contribution in [3.63, 3.8) is 0 Å². The van der Waals surface area contributed by atoms with Crippen LogP contribution in [0.25, 0.3) is 0 Å². The average molecular weight is 302 g/mol.